The van der Waals surface area contributed by atoms with E-state index in [1.54, 1.807) is 54.6 Å². The van der Waals surface area contributed by atoms with E-state index >= 15 is 0 Å². The van der Waals surface area contributed by atoms with Crippen LogP contribution >= 0.6 is 0 Å². The largest absolute Gasteiger partial charge is 0.497 e. The third-order valence-corrected chi connectivity index (χ3v) is 6.84. The Labute approximate surface area is 202 Å². The Kier molecular flexibility index (Phi) is 6.10. The standard InChI is InChI=1S/C26H26N2O7/c1-27-23(30)26(24(31)28(2)25(27)32)20(15-6-10-17(33-3)11-7-15)14-19(22(29)35-5)21(26)16-8-12-18(34-4)13-9-16/h6-14,20-21H,1-5H3/t20-,21-/m0/s1. The first-order chi connectivity index (χ1) is 16.7. The number of barbiturate groups is 1. The van der Waals surface area contributed by atoms with Gasteiger partial charge in [0.25, 0.3) is 0 Å². The Morgan fingerprint density at radius 3 is 1.66 bits per heavy atom. The van der Waals surface area contributed by atoms with Crippen LogP contribution in [0.2, 0.25) is 0 Å². The molecular weight excluding hydrogens is 452 g/mol. The predicted octanol–water partition coefficient (Wildman–Crippen LogP) is 2.72. The monoisotopic (exact) mass is 478 g/mol. The molecule has 9 heteroatoms. The van der Waals surface area contributed by atoms with Crippen molar-refractivity contribution >= 4 is 23.8 Å². The lowest BCUT2D eigenvalue weighted by Gasteiger charge is -2.46. The van der Waals surface area contributed by atoms with Gasteiger partial charge in [0.2, 0.25) is 11.8 Å². The molecule has 1 fully saturated rings. The van der Waals surface area contributed by atoms with Crippen LogP contribution in [0.1, 0.15) is 23.0 Å². The van der Waals surface area contributed by atoms with Crippen molar-refractivity contribution in [2.45, 2.75) is 11.8 Å². The number of carbonyl (C=O) groups is 4. The minimum absolute atomic E-state index is 0.163. The number of benzene rings is 2. The highest BCUT2D eigenvalue weighted by Gasteiger charge is 2.68. The Balaban J connectivity index is 2.03. The summed E-state index contributed by atoms with van der Waals surface area (Å²) in [6, 6.07) is 13.0. The second-order valence-corrected chi connectivity index (χ2v) is 8.45. The molecule has 0 radical (unpaired) electrons. The number of imide groups is 2. The van der Waals surface area contributed by atoms with Gasteiger partial charge in [0.1, 0.15) is 11.5 Å². The van der Waals surface area contributed by atoms with Gasteiger partial charge in [-0.15, -0.1) is 0 Å². The number of esters is 1. The van der Waals surface area contributed by atoms with Crippen molar-refractivity contribution in [1.82, 2.24) is 9.80 Å². The lowest BCUT2D eigenvalue weighted by Crippen LogP contribution is -2.65. The van der Waals surface area contributed by atoms with Crippen molar-refractivity contribution < 1.29 is 33.4 Å². The number of urea groups is 1. The summed E-state index contributed by atoms with van der Waals surface area (Å²) in [5.74, 6) is -2.75. The number of allylic oxidation sites excluding steroid dienone is 1. The molecule has 1 saturated heterocycles. The Morgan fingerprint density at radius 2 is 1.23 bits per heavy atom. The van der Waals surface area contributed by atoms with E-state index in [1.165, 1.54) is 35.4 Å². The van der Waals surface area contributed by atoms with E-state index < -0.39 is 41.1 Å². The van der Waals surface area contributed by atoms with E-state index in [9.17, 15) is 19.2 Å². The van der Waals surface area contributed by atoms with E-state index in [2.05, 4.69) is 0 Å². The number of methoxy groups -OCH3 is 3. The highest BCUT2D eigenvalue weighted by atomic mass is 16.5. The number of carbonyl (C=O) groups excluding carboxylic acids is 4. The second kappa shape index (κ2) is 8.90. The molecule has 0 aromatic heterocycles. The van der Waals surface area contributed by atoms with Gasteiger partial charge in [-0.3, -0.25) is 19.4 Å². The molecule has 0 saturated carbocycles. The smallest absolute Gasteiger partial charge is 0.334 e. The molecule has 2 aliphatic rings. The van der Waals surface area contributed by atoms with Crippen LogP contribution in [-0.2, 0) is 19.1 Å². The van der Waals surface area contributed by atoms with Crippen molar-refractivity contribution in [3.8, 4) is 11.5 Å². The summed E-state index contributed by atoms with van der Waals surface area (Å²) in [6.45, 7) is 0. The van der Waals surface area contributed by atoms with Crippen molar-refractivity contribution in [2.24, 2.45) is 5.41 Å². The van der Waals surface area contributed by atoms with Crippen LogP contribution in [0.3, 0.4) is 0 Å². The number of hydrogen-bond donors (Lipinski definition) is 0. The summed E-state index contributed by atoms with van der Waals surface area (Å²) in [4.78, 5) is 55.6. The third kappa shape index (κ3) is 3.46. The first kappa shape index (κ1) is 24.0. The highest BCUT2D eigenvalue weighted by molar-refractivity contribution is 6.22. The lowest BCUT2D eigenvalue weighted by molar-refractivity contribution is -0.158. The molecule has 1 aliphatic carbocycles. The maximum atomic E-state index is 14.0. The van der Waals surface area contributed by atoms with E-state index in [0.717, 1.165) is 9.80 Å². The zero-order valence-electron chi connectivity index (χ0n) is 20.1. The Bertz CT molecular complexity index is 1190. The second-order valence-electron chi connectivity index (χ2n) is 8.45. The summed E-state index contributed by atoms with van der Waals surface area (Å²) in [7, 11) is 6.97. The van der Waals surface area contributed by atoms with E-state index in [4.69, 9.17) is 14.2 Å². The summed E-state index contributed by atoms with van der Waals surface area (Å²) in [5.41, 5.74) is -0.516. The molecule has 0 bridgehead atoms. The van der Waals surface area contributed by atoms with Crippen molar-refractivity contribution in [2.75, 3.05) is 35.4 Å². The maximum absolute atomic E-state index is 14.0. The molecule has 35 heavy (non-hydrogen) atoms. The predicted molar refractivity (Wildman–Crippen MR) is 125 cm³/mol. The van der Waals surface area contributed by atoms with Gasteiger partial charge < -0.3 is 14.2 Å². The van der Waals surface area contributed by atoms with Crippen LogP contribution < -0.4 is 9.47 Å². The maximum Gasteiger partial charge on any atom is 0.334 e. The zero-order valence-corrected chi connectivity index (χ0v) is 20.1. The molecule has 182 valence electrons. The third-order valence-electron chi connectivity index (χ3n) is 6.84. The number of hydrogen-bond acceptors (Lipinski definition) is 7. The van der Waals surface area contributed by atoms with Crippen LogP contribution in [0.15, 0.2) is 60.2 Å². The van der Waals surface area contributed by atoms with Gasteiger partial charge in [-0.2, -0.15) is 0 Å². The van der Waals surface area contributed by atoms with Gasteiger partial charge in [0.05, 0.1) is 21.3 Å². The fraction of sp³-hybridized carbons (Fsp3) is 0.308. The SMILES string of the molecule is COC(=O)C1=C[C@@H](c2ccc(OC)cc2)C2(C(=O)N(C)C(=O)N(C)C2=O)[C@H]1c1ccc(OC)cc1. The molecule has 2 aromatic carbocycles. The minimum atomic E-state index is -1.83. The summed E-state index contributed by atoms with van der Waals surface area (Å²) < 4.78 is 15.6. The average Bonchev–Trinajstić information content (AvgIpc) is 3.26. The lowest BCUT2D eigenvalue weighted by atomic mass is 9.63. The first-order valence-electron chi connectivity index (χ1n) is 10.9. The molecule has 0 N–H and O–H groups in total. The number of amides is 4. The summed E-state index contributed by atoms with van der Waals surface area (Å²) in [6.07, 6.45) is 1.61. The van der Waals surface area contributed by atoms with Gasteiger partial charge in [-0.05, 0) is 35.4 Å². The molecule has 1 spiro atoms. The molecule has 1 heterocycles. The van der Waals surface area contributed by atoms with Gasteiger partial charge in [-0.1, -0.05) is 30.3 Å². The van der Waals surface area contributed by atoms with Crippen LogP contribution in [0.25, 0.3) is 0 Å². The highest BCUT2D eigenvalue weighted by Crippen LogP contribution is 2.60. The molecule has 0 unspecified atom stereocenters. The molecule has 9 nitrogen and oxygen atoms in total. The summed E-state index contributed by atoms with van der Waals surface area (Å²) in [5, 5.41) is 0. The van der Waals surface area contributed by atoms with Crippen LogP contribution in [-0.4, -0.2) is 69.0 Å². The van der Waals surface area contributed by atoms with Crippen LogP contribution in [0, 0.1) is 5.41 Å². The Hall–Kier alpha value is -4.14. The summed E-state index contributed by atoms with van der Waals surface area (Å²) >= 11 is 0. The average molecular weight is 479 g/mol. The van der Waals surface area contributed by atoms with Gasteiger partial charge in [0.15, 0.2) is 5.41 Å². The van der Waals surface area contributed by atoms with Gasteiger partial charge in [0, 0.05) is 31.5 Å². The molecular formula is C26H26N2O7. The van der Waals surface area contributed by atoms with Crippen molar-refractivity contribution in [3.05, 3.63) is 71.3 Å². The van der Waals surface area contributed by atoms with E-state index in [-0.39, 0.29) is 5.57 Å². The number of rotatable bonds is 5. The van der Waals surface area contributed by atoms with E-state index in [1.807, 2.05) is 0 Å². The van der Waals surface area contributed by atoms with Gasteiger partial charge in [-0.25, -0.2) is 9.59 Å². The Morgan fingerprint density at radius 1 is 0.771 bits per heavy atom. The number of nitrogens with zero attached hydrogens (tertiary/aromatic N) is 2. The van der Waals surface area contributed by atoms with Crippen LogP contribution in [0.5, 0.6) is 11.5 Å². The molecule has 4 rings (SSSR count). The van der Waals surface area contributed by atoms with Gasteiger partial charge >= 0.3 is 12.0 Å². The first-order valence-corrected chi connectivity index (χ1v) is 10.9. The molecule has 4 amide bonds. The van der Waals surface area contributed by atoms with Crippen LogP contribution in [0.4, 0.5) is 4.79 Å². The fourth-order valence-electron chi connectivity index (χ4n) is 5.10. The molecule has 2 atom stereocenters. The van der Waals surface area contributed by atoms with E-state index in [0.29, 0.717) is 22.6 Å². The van der Waals surface area contributed by atoms with Crippen molar-refractivity contribution in [3.63, 3.8) is 0 Å². The molecule has 2 aromatic rings. The minimum Gasteiger partial charge on any atom is -0.497 e. The topological polar surface area (TPSA) is 102 Å². The fourth-order valence-corrected chi connectivity index (χ4v) is 5.10. The van der Waals surface area contributed by atoms with Crippen molar-refractivity contribution in [1.29, 1.82) is 0 Å². The normalized spacial score (nSPS) is 21.3. The molecule has 1 aliphatic heterocycles. The zero-order chi connectivity index (χ0) is 25.5. The number of ether oxygens (including phenoxy) is 3. The quantitative estimate of drug-likeness (QED) is 0.481.